The topological polar surface area (TPSA) is 101 Å². The van der Waals surface area contributed by atoms with Crippen LogP contribution < -0.4 is 5.73 Å². The van der Waals surface area contributed by atoms with Crippen LogP contribution >= 0.6 is 0 Å². The van der Waals surface area contributed by atoms with Gasteiger partial charge in [0.2, 0.25) is 5.95 Å². The molecule has 0 aliphatic rings. The van der Waals surface area contributed by atoms with Gasteiger partial charge >= 0.3 is 0 Å². The molecule has 0 saturated heterocycles. The number of hydrogen-bond acceptors (Lipinski definition) is 5. The summed E-state index contributed by atoms with van der Waals surface area (Å²) in [4.78, 5) is 21.9. The van der Waals surface area contributed by atoms with Gasteiger partial charge in [-0.2, -0.15) is 0 Å². The lowest BCUT2D eigenvalue weighted by molar-refractivity contribution is -0.114. The highest BCUT2D eigenvalue weighted by molar-refractivity contribution is 6.11. The van der Waals surface area contributed by atoms with Crippen molar-refractivity contribution < 1.29 is 9.90 Å². The minimum Gasteiger partial charge on any atom is -0.515 e. The van der Waals surface area contributed by atoms with Gasteiger partial charge in [0.15, 0.2) is 0 Å². The minimum atomic E-state index is -0.771. The van der Waals surface area contributed by atoms with Crippen molar-refractivity contribution in [3.8, 4) is 0 Å². The molecule has 1 amide bonds. The van der Waals surface area contributed by atoms with Gasteiger partial charge in [-0.3, -0.25) is 4.79 Å². The van der Waals surface area contributed by atoms with E-state index in [1.807, 2.05) is 0 Å². The first-order chi connectivity index (χ1) is 6.74. The van der Waals surface area contributed by atoms with Crippen molar-refractivity contribution in [3.63, 3.8) is 0 Å². The van der Waals surface area contributed by atoms with Crippen molar-refractivity contribution in [2.45, 2.75) is 0 Å². The van der Waals surface area contributed by atoms with Gasteiger partial charge in [0, 0.05) is 18.6 Å². The Morgan fingerprint density at radius 1 is 1.50 bits per heavy atom. The van der Waals surface area contributed by atoms with Crippen molar-refractivity contribution in [1.29, 1.82) is 0 Å². The summed E-state index contributed by atoms with van der Waals surface area (Å²) in [5.74, 6) is -0.583. The fourth-order valence-corrected chi connectivity index (χ4v) is 0.646. The van der Waals surface area contributed by atoms with Crippen LogP contribution in [0.3, 0.4) is 0 Å². The Morgan fingerprint density at radius 2 is 2.14 bits per heavy atom. The molecule has 3 N–H and O–H groups in total. The molecule has 0 bridgehead atoms. The molecular weight excluding hydrogens is 184 g/mol. The second-order valence-corrected chi connectivity index (χ2v) is 2.26. The van der Waals surface area contributed by atoms with Crippen LogP contribution in [-0.2, 0) is 4.79 Å². The zero-order chi connectivity index (χ0) is 10.4. The third-order valence-corrected chi connectivity index (χ3v) is 1.29. The number of hydrogen-bond donors (Lipinski definition) is 2. The number of amides is 1. The van der Waals surface area contributed by atoms with E-state index in [1.54, 1.807) is 6.07 Å². The molecule has 0 atom stereocenters. The standard InChI is InChI=1S/C8H8N4O2/c9-7(14)6(5-13)4-12-8-10-2-1-3-11-8/h1-5,13H,(H2,9,14)/b6-5-,12-4-. The second kappa shape index (κ2) is 4.70. The lowest BCUT2D eigenvalue weighted by atomic mass is 10.3. The van der Waals surface area contributed by atoms with Crippen LogP contribution in [0.2, 0.25) is 0 Å². The lowest BCUT2D eigenvalue weighted by Gasteiger charge is -1.91. The molecule has 14 heavy (non-hydrogen) atoms. The van der Waals surface area contributed by atoms with E-state index < -0.39 is 5.91 Å². The van der Waals surface area contributed by atoms with Crippen LogP contribution in [0.4, 0.5) is 5.95 Å². The predicted octanol–water partition coefficient (Wildman–Crippen LogP) is 0.106. The van der Waals surface area contributed by atoms with Gasteiger partial charge in [-0.15, -0.1) is 0 Å². The van der Waals surface area contributed by atoms with Crippen molar-refractivity contribution in [1.82, 2.24) is 9.97 Å². The largest absolute Gasteiger partial charge is 0.515 e. The van der Waals surface area contributed by atoms with Gasteiger partial charge in [0.1, 0.15) is 0 Å². The third-order valence-electron chi connectivity index (χ3n) is 1.29. The Balaban J connectivity index is 2.78. The van der Waals surface area contributed by atoms with Gasteiger partial charge in [0.05, 0.1) is 11.8 Å². The summed E-state index contributed by atoms with van der Waals surface area (Å²) < 4.78 is 0. The van der Waals surface area contributed by atoms with E-state index in [4.69, 9.17) is 10.8 Å². The van der Waals surface area contributed by atoms with Gasteiger partial charge in [-0.25, -0.2) is 15.0 Å². The molecule has 0 aliphatic heterocycles. The molecule has 72 valence electrons. The average Bonchev–Trinajstić information content (AvgIpc) is 2.20. The van der Waals surface area contributed by atoms with Crippen molar-refractivity contribution in [3.05, 3.63) is 30.3 Å². The van der Waals surface area contributed by atoms with Gasteiger partial charge in [0.25, 0.3) is 5.91 Å². The average molecular weight is 192 g/mol. The van der Waals surface area contributed by atoms with E-state index in [-0.39, 0.29) is 11.5 Å². The SMILES string of the molecule is NC(=O)C(/C=N\c1ncccn1)=C\O. The maximum absolute atomic E-state index is 10.6. The molecule has 1 heterocycles. The van der Waals surface area contributed by atoms with E-state index in [2.05, 4.69) is 15.0 Å². The number of carbonyl (C=O) groups excluding carboxylic acids is 1. The Kier molecular flexibility index (Phi) is 3.31. The number of aliphatic imine (C=N–C) groups is 1. The van der Waals surface area contributed by atoms with E-state index in [1.165, 1.54) is 12.4 Å². The number of aromatic nitrogens is 2. The highest BCUT2D eigenvalue weighted by atomic mass is 16.2. The summed E-state index contributed by atoms with van der Waals surface area (Å²) in [5.41, 5.74) is 4.80. The van der Waals surface area contributed by atoms with Gasteiger partial charge < -0.3 is 10.8 Å². The van der Waals surface area contributed by atoms with Gasteiger partial charge in [-0.05, 0) is 6.07 Å². The van der Waals surface area contributed by atoms with Crippen LogP contribution in [0.5, 0.6) is 0 Å². The Bertz CT molecular complexity index is 372. The fraction of sp³-hybridized carbons (Fsp3) is 0. The lowest BCUT2D eigenvalue weighted by Crippen LogP contribution is -2.14. The monoisotopic (exact) mass is 192 g/mol. The molecule has 0 saturated carbocycles. The number of aliphatic hydroxyl groups excluding tert-OH is 1. The molecule has 1 aromatic rings. The summed E-state index contributed by atoms with van der Waals surface area (Å²) in [6, 6.07) is 1.63. The number of primary amides is 1. The van der Waals surface area contributed by atoms with Crippen molar-refractivity contribution >= 4 is 18.1 Å². The van der Waals surface area contributed by atoms with Crippen LogP contribution in [0, 0.1) is 0 Å². The van der Waals surface area contributed by atoms with E-state index in [9.17, 15) is 4.79 Å². The normalized spacial score (nSPS) is 11.9. The van der Waals surface area contributed by atoms with Crippen LogP contribution in [0.15, 0.2) is 35.3 Å². The minimum absolute atomic E-state index is 0.113. The first kappa shape index (κ1) is 9.85. The molecule has 0 aliphatic carbocycles. The summed E-state index contributed by atoms with van der Waals surface area (Å²) in [6.07, 6.45) is 4.69. The number of aliphatic hydroxyl groups is 1. The number of rotatable bonds is 3. The van der Waals surface area contributed by atoms with E-state index in [0.717, 1.165) is 6.21 Å². The molecule has 0 aromatic carbocycles. The molecule has 0 spiro atoms. The first-order valence-electron chi connectivity index (χ1n) is 3.69. The highest BCUT2D eigenvalue weighted by Gasteiger charge is 2.00. The van der Waals surface area contributed by atoms with Crippen LogP contribution in [0.25, 0.3) is 0 Å². The maximum atomic E-state index is 10.6. The summed E-state index contributed by atoms with van der Waals surface area (Å²) in [5, 5.41) is 8.58. The maximum Gasteiger partial charge on any atom is 0.253 e. The molecule has 0 fully saturated rings. The Hall–Kier alpha value is -2.24. The smallest absolute Gasteiger partial charge is 0.253 e. The Labute approximate surface area is 79.8 Å². The summed E-state index contributed by atoms with van der Waals surface area (Å²) in [7, 11) is 0. The molecule has 1 aromatic heterocycles. The van der Waals surface area contributed by atoms with Crippen LogP contribution in [0.1, 0.15) is 0 Å². The highest BCUT2D eigenvalue weighted by Crippen LogP contribution is 1.99. The summed E-state index contributed by atoms with van der Waals surface area (Å²) >= 11 is 0. The molecular formula is C8H8N4O2. The predicted molar refractivity (Wildman–Crippen MR) is 50.1 cm³/mol. The van der Waals surface area contributed by atoms with Gasteiger partial charge in [-0.1, -0.05) is 0 Å². The number of carbonyl (C=O) groups is 1. The quantitative estimate of drug-likeness (QED) is 0.403. The number of nitrogens with zero attached hydrogens (tertiary/aromatic N) is 3. The van der Waals surface area contributed by atoms with Crippen molar-refractivity contribution in [2.24, 2.45) is 10.7 Å². The zero-order valence-electron chi connectivity index (χ0n) is 7.16. The first-order valence-corrected chi connectivity index (χ1v) is 3.69. The molecule has 6 nitrogen and oxygen atoms in total. The van der Waals surface area contributed by atoms with E-state index in [0.29, 0.717) is 6.26 Å². The zero-order valence-corrected chi connectivity index (χ0v) is 7.16. The molecule has 6 heteroatoms. The molecule has 0 unspecified atom stereocenters. The number of nitrogens with two attached hydrogens (primary N) is 1. The van der Waals surface area contributed by atoms with E-state index >= 15 is 0 Å². The molecule has 1 rings (SSSR count). The molecule has 0 radical (unpaired) electrons. The summed E-state index contributed by atoms with van der Waals surface area (Å²) in [6.45, 7) is 0. The van der Waals surface area contributed by atoms with Crippen LogP contribution in [-0.4, -0.2) is 27.2 Å². The van der Waals surface area contributed by atoms with Crippen molar-refractivity contribution in [2.75, 3.05) is 0 Å². The Morgan fingerprint density at radius 3 is 2.64 bits per heavy atom. The fourth-order valence-electron chi connectivity index (χ4n) is 0.646. The third kappa shape index (κ3) is 2.67. The second-order valence-electron chi connectivity index (χ2n) is 2.26.